The number of para-hydroxylation sites is 6. The van der Waals surface area contributed by atoms with E-state index in [4.69, 9.17) is 6.58 Å². The summed E-state index contributed by atoms with van der Waals surface area (Å²) in [5.74, 6) is 0. The molecule has 85 heavy (non-hydrogen) atoms. The van der Waals surface area contributed by atoms with E-state index >= 15 is 0 Å². The van der Waals surface area contributed by atoms with Gasteiger partial charge in [-0.15, -0.1) is 11.3 Å². The van der Waals surface area contributed by atoms with Gasteiger partial charge in [-0.05, 0) is 95.8 Å². The molecule has 0 aliphatic carbocycles. The van der Waals surface area contributed by atoms with Gasteiger partial charge >= 0.3 is 0 Å². The van der Waals surface area contributed by atoms with Crippen LogP contribution in [0.3, 0.4) is 0 Å². The summed E-state index contributed by atoms with van der Waals surface area (Å²) in [6.45, 7) is 13.4. The van der Waals surface area contributed by atoms with Gasteiger partial charge in [-0.1, -0.05) is 208 Å². The SMILES string of the molecule is C=C(C)c1cccc(-c2ccc3c(c2)c2ccc4c5ccccc5sc4c2n3-c2c(-n3c4ccccc4c4ccccc43)c(C#N)c(-n3c4ccccc4c4ccccc43)c(C#N)c2-n2c3ccccc3c3ccccc32)c1C(=C)/C=C\CCC. The lowest BCUT2D eigenvalue weighted by molar-refractivity contribution is 0.959. The molecule has 16 rings (SSSR count). The number of aromatic nitrogens is 4. The van der Waals surface area contributed by atoms with E-state index in [-0.39, 0.29) is 0 Å². The van der Waals surface area contributed by atoms with Crippen molar-refractivity contribution in [3.63, 3.8) is 0 Å². The predicted molar refractivity (Wildman–Crippen MR) is 359 cm³/mol. The van der Waals surface area contributed by atoms with E-state index in [0.29, 0.717) is 33.9 Å². The van der Waals surface area contributed by atoms with Crippen LogP contribution in [0.25, 0.3) is 152 Å². The molecule has 16 aromatic rings. The van der Waals surface area contributed by atoms with Crippen LogP contribution in [-0.2, 0) is 0 Å². The van der Waals surface area contributed by atoms with Gasteiger partial charge in [0.05, 0.1) is 71.6 Å². The minimum atomic E-state index is 0.361. The van der Waals surface area contributed by atoms with Crippen molar-refractivity contribution in [2.24, 2.45) is 0 Å². The number of fused-ring (bicyclic) bond motifs is 16. The Kier molecular flexibility index (Phi) is 11.3. The zero-order chi connectivity index (χ0) is 57.2. The normalized spacial score (nSPS) is 12.0. The van der Waals surface area contributed by atoms with E-state index in [0.717, 1.165) is 144 Å². The molecule has 0 saturated carbocycles. The van der Waals surface area contributed by atoms with E-state index in [9.17, 15) is 10.5 Å². The van der Waals surface area contributed by atoms with Crippen molar-refractivity contribution in [3.05, 3.63) is 266 Å². The van der Waals surface area contributed by atoms with Crippen molar-refractivity contribution in [2.45, 2.75) is 26.7 Å². The Morgan fingerprint density at radius 2 is 0.894 bits per heavy atom. The monoisotopic (exact) mass is 1100 g/mol. The number of hydrogen-bond acceptors (Lipinski definition) is 3. The van der Waals surface area contributed by atoms with Crippen LogP contribution in [0, 0.1) is 22.7 Å². The summed E-state index contributed by atoms with van der Waals surface area (Å²) in [5.41, 5.74) is 16.7. The largest absolute Gasteiger partial charge is 0.306 e. The highest BCUT2D eigenvalue weighted by molar-refractivity contribution is 7.26. The van der Waals surface area contributed by atoms with E-state index < -0.39 is 0 Å². The summed E-state index contributed by atoms with van der Waals surface area (Å²) < 4.78 is 11.5. The van der Waals surface area contributed by atoms with Gasteiger partial charge in [0, 0.05) is 58.6 Å². The van der Waals surface area contributed by atoms with Crippen LogP contribution in [0.4, 0.5) is 0 Å². The number of allylic oxidation sites excluding steroid dienone is 4. The zero-order valence-electron chi connectivity index (χ0n) is 46.9. The lowest BCUT2D eigenvalue weighted by Crippen LogP contribution is -2.17. The third-order valence-corrected chi connectivity index (χ3v) is 18.7. The summed E-state index contributed by atoms with van der Waals surface area (Å²) in [5, 5.41) is 36.1. The smallest absolute Gasteiger partial charge is 0.104 e. The van der Waals surface area contributed by atoms with Crippen LogP contribution in [0.15, 0.2) is 244 Å². The lowest BCUT2D eigenvalue weighted by atomic mass is 9.88. The molecule has 0 amide bonds. The number of hydrogen-bond donors (Lipinski definition) is 0. The highest BCUT2D eigenvalue weighted by Gasteiger charge is 2.35. The molecule has 11 aromatic carbocycles. The van der Waals surface area contributed by atoms with Crippen molar-refractivity contribution >= 4 is 130 Å². The number of nitriles is 2. The fraction of sp³-hybridized carbons (Fsp3) is 0.0513. The average Bonchev–Trinajstić information content (AvgIpc) is 2.10. The van der Waals surface area contributed by atoms with Gasteiger partial charge in [-0.3, -0.25) is 0 Å². The minimum Gasteiger partial charge on any atom is -0.306 e. The van der Waals surface area contributed by atoms with Gasteiger partial charge in [0.15, 0.2) is 0 Å². The number of thiophene rings is 1. The van der Waals surface area contributed by atoms with Crippen LogP contribution in [0.1, 0.15) is 48.9 Å². The van der Waals surface area contributed by atoms with E-state index in [2.05, 4.69) is 269 Å². The molecule has 6 nitrogen and oxygen atoms in total. The van der Waals surface area contributed by atoms with Gasteiger partial charge in [-0.25, -0.2) is 0 Å². The van der Waals surface area contributed by atoms with Gasteiger partial charge in [0.25, 0.3) is 0 Å². The Hall–Kier alpha value is -11.0. The first kappa shape index (κ1) is 49.8. The van der Waals surface area contributed by atoms with Crippen molar-refractivity contribution in [1.82, 2.24) is 18.3 Å². The molecule has 400 valence electrons. The standard InChI is InChI=1S/C78H52N6S/c1-5-6-7-23-48(4)72-50(47(2)3)31-22-32-51(72)49-40-43-70-61(44-49)59-41-42-60-58-30-14-21-39-71(58)85-78(60)76(59)84(70)77-74(82-66-35-17-10-26-54(66)55-27-11-18-36-67(55)82)62(45-79)73(81-64-33-15-8-24-52(64)53-25-9-16-34-65(53)81)63(46-80)75(77)83-68-37-19-12-28-56(68)57-29-13-20-38-69(57)83/h7-44H,2,4-6H2,1,3H3/b23-7-. The van der Waals surface area contributed by atoms with E-state index in [1.54, 1.807) is 11.3 Å². The molecule has 0 aliphatic rings. The predicted octanol–water partition coefficient (Wildman–Crippen LogP) is 21.3. The molecule has 5 aromatic heterocycles. The molecule has 7 heteroatoms. The molecule has 0 fully saturated rings. The molecule has 0 unspecified atom stereocenters. The first-order valence-electron chi connectivity index (χ1n) is 28.9. The van der Waals surface area contributed by atoms with E-state index in [1.165, 1.54) is 10.1 Å². The summed E-state index contributed by atoms with van der Waals surface area (Å²) in [7, 11) is 0. The molecular weight excluding hydrogens is 1050 g/mol. The fourth-order valence-corrected chi connectivity index (χ4v) is 15.2. The van der Waals surface area contributed by atoms with E-state index in [1.807, 2.05) is 12.1 Å². The molecule has 0 aliphatic heterocycles. The van der Waals surface area contributed by atoms with Gasteiger partial charge in [-0.2, -0.15) is 10.5 Å². The first-order chi connectivity index (χ1) is 41.9. The Bertz CT molecular complexity index is 5400. The molecule has 0 spiro atoms. The minimum absolute atomic E-state index is 0.361. The second kappa shape index (κ2) is 19.3. The number of unbranched alkanes of at least 4 members (excludes halogenated alkanes) is 1. The quantitative estimate of drug-likeness (QED) is 0.128. The Labute approximate surface area is 494 Å². The van der Waals surface area contributed by atoms with Crippen LogP contribution >= 0.6 is 11.3 Å². The third-order valence-electron chi connectivity index (χ3n) is 17.5. The topological polar surface area (TPSA) is 67.3 Å². The molecule has 0 N–H and O–H groups in total. The Balaban J connectivity index is 1.19. The molecule has 5 heterocycles. The molecular formula is C78H52N6S. The van der Waals surface area contributed by atoms with Crippen LogP contribution < -0.4 is 0 Å². The maximum atomic E-state index is 12.7. The second-order valence-electron chi connectivity index (χ2n) is 22.2. The summed E-state index contributed by atoms with van der Waals surface area (Å²) in [6.07, 6.45) is 6.37. The molecule has 0 bridgehead atoms. The van der Waals surface area contributed by atoms with Crippen LogP contribution in [0.5, 0.6) is 0 Å². The second-order valence-corrected chi connectivity index (χ2v) is 23.3. The zero-order valence-corrected chi connectivity index (χ0v) is 47.7. The maximum Gasteiger partial charge on any atom is 0.104 e. The fourth-order valence-electron chi connectivity index (χ4n) is 13.9. The van der Waals surface area contributed by atoms with Crippen LogP contribution in [-0.4, -0.2) is 18.3 Å². The lowest BCUT2D eigenvalue weighted by Gasteiger charge is -2.27. The van der Waals surface area contributed by atoms with Crippen LogP contribution in [0.2, 0.25) is 0 Å². The van der Waals surface area contributed by atoms with Crippen molar-refractivity contribution in [1.29, 1.82) is 10.5 Å². The molecule has 0 atom stereocenters. The number of nitrogens with zero attached hydrogens (tertiary/aromatic N) is 6. The summed E-state index contributed by atoms with van der Waals surface area (Å²) in [4.78, 5) is 0. The Morgan fingerprint density at radius 1 is 0.447 bits per heavy atom. The molecule has 0 saturated heterocycles. The van der Waals surface area contributed by atoms with Crippen molar-refractivity contribution in [2.75, 3.05) is 0 Å². The van der Waals surface area contributed by atoms with Crippen molar-refractivity contribution < 1.29 is 0 Å². The first-order valence-corrected chi connectivity index (χ1v) is 29.7. The maximum absolute atomic E-state index is 12.7. The summed E-state index contributed by atoms with van der Waals surface area (Å²) >= 11 is 1.78. The van der Waals surface area contributed by atoms with Gasteiger partial charge < -0.3 is 18.3 Å². The van der Waals surface area contributed by atoms with Crippen molar-refractivity contribution in [3.8, 4) is 46.0 Å². The highest BCUT2D eigenvalue weighted by Crippen LogP contribution is 2.51. The Morgan fingerprint density at radius 3 is 1.38 bits per heavy atom. The number of benzene rings is 11. The van der Waals surface area contributed by atoms with Gasteiger partial charge in [0.1, 0.15) is 23.3 Å². The average molecular weight is 1110 g/mol. The third kappa shape index (κ3) is 7.15. The molecule has 0 radical (unpaired) electrons. The number of rotatable bonds is 10. The summed E-state index contributed by atoms with van der Waals surface area (Å²) in [6, 6.07) is 83.3. The highest BCUT2D eigenvalue weighted by atomic mass is 32.1. The van der Waals surface area contributed by atoms with Gasteiger partial charge in [0.2, 0.25) is 0 Å².